The van der Waals surface area contributed by atoms with Crippen LogP contribution in [0.15, 0.2) is 66.7 Å². The Balaban J connectivity index is 2.08. The van der Waals surface area contributed by atoms with E-state index in [0.29, 0.717) is 11.1 Å². The molecule has 7 nitrogen and oxygen atoms in total. The predicted molar refractivity (Wildman–Crippen MR) is 99.7 cm³/mol. The summed E-state index contributed by atoms with van der Waals surface area (Å²) >= 11 is -2.74. The molecule has 0 amide bonds. The van der Waals surface area contributed by atoms with Crippen LogP contribution in [-0.4, -0.2) is 30.1 Å². The van der Waals surface area contributed by atoms with Gasteiger partial charge in [0, 0.05) is 11.6 Å². The number of rotatable bonds is 5. The van der Waals surface area contributed by atoms with Gasteiger partial charge in [-0.15, -0.1) is 0 Å². The van der Waals surface area contributed by atoms with E-state index in [0.717, 1.165) is 16.4 Å². The number of carbonyl (C=O) groups is 1. The molecule has 1 unspecified atom stereocenters. The molecule has 0 bridgehead atoms. The van der Waals surface area contributed by atoms with Crippen molar-refractivity contribution in [3.8, 4) is 22.6 Å². The van der Waals surface area contributed by atoms with Crippen LogP contribution >= 0.6 is 0 Å². The molecule has 3 aromatic carbocycles. The quantitative estimate of drug-likeness (QED) is 0.580. The third-order valence-corrected chi connectivity index (χ3v) is 4.61. The Bertz CT molecular complexity index is 1040. The Kier molecular flexibility index (Phi) is 5.11. The highest BCUT2D eigenvalue weighted by Gasteiger charge is 2.16. The first-order valence-corrected chi connectivity index (χ1v) is 8.76. The summed E-state index contributed by atoms with van der Waals surface area (Å²) in [5, 5.41) is 28.9. The number of phenolic OH excluding ortho intramolecular Hbond substituents is 1. The van der Waals surface area contributed by atoms with Gasteiger partial charge in [0.25, 0.3) is 0 Å². The Morgan fingerprint density at radius 3 is 2.22 bits per heavy atom. The van der Waals surface area contributed by atoms with E-state index in [2.05, 4.69) is 0 Å². The number of carboxylic acid groups (broad SMARTS) is 1. The third-order valence-electron chi connectivity index (χ3n) is 3.89. The van der Waals surface area contributed by atoms with Crippen LogP contribution in [0.3, 0.4) is 0 Å². The monoisotopic (exact) mass is 384 g/mol. The van der Waals surface area contributed by atoms with E-state index in [1.807, 2.05) is 0 Å². The second-order valence-corrected chi connectivity index (χ2v) is 6.38. The number of aromatic hydroxyl groups is 2. The summed E-state index contributed by atoms with van der Waals surface area (Å²) in [5.74, 6) is -1.82. The molecule has 3 N–H and O–H groups in total. The van der Waals surface area contributed by atoms with E-state index in [4.69, 9.17) is 5.11 Å². The summed E-state index contributed by atoms with van der Waals surface area (Å²) in [5.41, 5.74) is 1.11. The van der Waals surface area contributed by atoms with Gasteiger partial charge in [-0.1, -0.05) is 30.3 Å². The highest BCUT2D eigenvalue weighted by Crippen LogP contribution is 2.35. The van der Waals surface area contributed by atoms with Crippen molar-refractivity contribution in [2.45, 2.75) is 0 Å². The molecule has 0 aliphatic heterocycles. The number of carboxylic acids is 1. The van der Waals surface area contributed by atoms with Gasteiger partial charge in [-0.2, -0.15) is 0 Å². The van der Waals surface area contributed by atoms with Crippen molar-refractivity contribution in [1.82, 2.24) is 0 Å². The van der Waals surface area contributed by atoms with Gasteiger partial charge in [-0.25, -0.2) is 4.79 Å². The van der Waals surface area contributed by atoms with Crippen molar-refractivity contribution in [1.29, 1.82) is 0 Å². The first kappa shape index (κ1) is 18.4. The fraction of sp³-hybridized carbons (Fsp3) is 0. The second-order valence-electron chi connectivity index (χ2n) is 5.59. The van der Waals surface area contributed by atoms with Crippen molar-refractivity contribution in [2.24, 2.45) is 0 Å². The molecule has 0 aliphatic carbocycles. The summed E-state index contributed by atoms with van der Waals surface area (Å²) in [6, 6.07) is 16.6. The molecule has 0 aromatic heterocycles. The van der Waals surface area contributed by atoms with E-state index in [-0.39, 0.29) is 22.7 Å². The number of aromatic carboxylic acids is 1. The maximum Gasteiger partial charge on any atom is 0.339 e. The van der Waals surface area contributed by atoms with Crippen LogP contribution in [0.1, 0.15) is 10.4 Å². The lowest BCUT2D eigenvalue weighted by Gasteiger charge is -2.27. The summed E-state index contributed by atoms with van der Waals surface area (Å²) < 4.78 is 24.6. The Hall–Kier alpha value is -3.36. The first-order chi connectivity index (χ1) is 12.9. The minimum absolute atomic E-state index is 0.0490. The highest BCUT2D eigenvalue weighted by atomic mass is 32.2. The second kappa shape index (κ2) is 7.48. The van der Waals surface area contributed by atoms with Crippen LogP contribution < -0.4 is 4.31 Å². The van der Waals surface area contributed by atoms with Gasteiger partial charge >= 0.3 is 5.97 Å². The zero-order valence-corrected chi connectivity index (χ0v) is 14.6. The molecule has 138 valence electrons. The number of para-hydroxylation sites is 1. The largest absolute Gasteiger partial charge is 0.755 e. The normalized spacial score (nSPS) is 11.7. The van der Waals surface area contributed by atoms with Crippen LogP contribution in [0.25, 0.3) is 11.1 Å². The molecule has 0 fully saturated rings. The van der Waals surface area contributed by atoms with E-state index in [1.165, 1.54) is 12.1 Å². The summed E-state index contributed by atoms with van der Waals surface area (Å²) in [4.78, 5) is 11.0. The fourth-order valence-electron chi connectivity index (χ4n) is 2.67. The topological polar surface area (TPSA) is 121 Å². The molecule has 0 saturated heterocycles. The fourth-order valence-corrected chi connectivity index (χ4v) is 3.24. The maximum absolute atomic E-state index is 11.8. The van der Waals surface area contributed by atoms with Crippen LogP contribution in [0.2, 0.25) is 0 Å². The number of hydrogen-bond acceptors (Lipinski definition) is 5. The third kappa shape index (κ3) is 3.76. The Morgan fingerprint density at radius 2 is 1.59 bits per heavy atom. The minimum Gasteiger partial charge on any atom is -0.755 e. The molecule has 3 aromatic rings. The summed E-state index contributed by atoms with van der Waals surface area (Å²) in [6.45, 7) is 0. The number of anilines is 2. The minimum atomic E-state index is -2.74. The molecule has 0 radical (unpaired) electrons. The summed E-state index contributed by atoms with van der Waals surface area (Å²) in [7, 11) is 0. The number of nitrogens with zero attached hydrogens (tertiary/aromatic N) is 1. The standard InChI is InChI=1S/C19H15NO6S/c21-17-7-2-1-6-15(17)12-4-3-5-13(10-12)20(27(25)26)14-8-9-16(19(23)24)18(22)11-14/h1-11,21-22H,(H,23,24)(H,25,26)/p-1. The SMILES string of the molecule is O=C(O)c1ccc(N(c2cccc(-c3ccccc3O)c2)S(=O)[O-])cc1O. The zero-order valence-electron chi connectivity index (χ0n) is 13.8. The zero-order chi connectivity index (χ0) is 19.6. The van der Waals surface area contributed by atoms with E-state index < -0.39 is 23.0 Å². The average Bonchev–Trinajstić information content (AvgIpc) is 2.62. The number of hydrogen-bond donors (Lipinski definition) is 3. The van der Waals surface area contributed by atoms with Gasteiger partial charge in [0.05, 0.1) is 22.6 Å². The van der Waals surface area contributed by atoms with Gasteiger partial charge in [-0.3, -0.25) is 8.51 Å². The van der Waals surface area contributed by atoms with Crippen molar-refractivity contribution < 1.29 is 28.9 Å². The van der Waals surface area contributed by atoms with Gasteiger partial charge < -0.3 is 19.9 Å². The van der Waals surface area contributed by atoms with Gasteiger partial charge in [0.2, 0.25) is 0 Å². The molecule has 0 spiro atoms. The van der Waals surface area contributed by atoms with Crippen LogP contribution in [-0.2, 0) is 11.3 Å². The molecular formula is C19H14NO6S-. The van der Waals surface area contributed by atoms with Gasteiger partial charge in [-0.05, 0) is 35.9 Å². The average molecular weight is 384 g/mol. The molecule has 3 rings (SSSR count). The van der Waals surface area contributed by atoms with E-state index >= 15 is 0 Å². The smallest absolute Gasteiger partial charge is 0.339 e. The molecular weight excluding hydrogens is 370 g/mol. The van der Waals surface area contributed by atoms with Crippen LogP contribution in [0.5, 0.6) is 11.5 Å². The van der Waals surface area contributed by atoms with E-state index in [9.17, 15) is 23.8 Å². The lowest BCUT2D eigenvalue weighted by atomic mass is 10.0. The van der Waals surface area contributed by atoms with Crippen LogP contribution in [0, 0.1) is 0 Å². The highest BCUT2D eigenvalue weighted by molar-refractivity contribution is 7.81. The van der Waals surface area contributed by atoms with Crippen molar-refractivity contribution in [3.05, 3.63) is 72.3 Å². The Morgan fingerprint density at radius 1 is 0.889 bits per heavy atom. The van der Waals surface area contributed by atoms with Crippen LogP contribution in [0.4, 0.5) is 11.4 Å². The lowest BCUT2D eigenvalue weighted by Crippen LogP contribution is -2.19. The molecule has 0 heterocycles. The first-order valence-electron chi connectivity index (χ1n) is 7.72. The number of benzene rings is 3. The van der Waals surface area contributed by atoms with Gasteiger partial charge in [0.15, 0.2) is 0 Å². The Labute approximate surface area is 157 Å². The molecule has 27 heavy (non-hydrogen) atoms. The predicted octanol–water partition coefficient (Wildman–Crippen LogP) is 3.40. The molecule has 8 heteroatoms. The van der Waals surface area contributed by atoms with Gasteiger partial charge in [0.1, 0.15) is 17.1 Å². The number of phenols is 2. The van der Waals surface area contributed by atoms with Crippen molar-refractivity contribution >= 4 is 28.6 Å². The lowest BCUT2D eigenvalue weighted by molar-refractivity contribution is 0.0693. The van der Waals surface area contributed by atoms with Crippen molar-refractivity contribution in [3.63, 3.8) is 0 Å². The maximum atomic E-state index is 11.8. The molecule has 0 aliphatic rings. The van der Waals surface area contributed by atoms with Crippen molar-refractivity contribution in [2.75, 3.05) is 4.31 Å². The molecule has 1 atom stereocenters. The summed E-state index contributed by atoms with van der Waals surface area (Å²) in [6.07, 6.45) is 0. The molecule has 0 saturated carbocycles. The van der Waals surface area contributed by atoms with E-state index in [1.54, 1.807) is 42.5 Å².